The Morgan fingerprint density at radius 2 is 2.00 bits per heavy atom. The van der Waals surface area contributed by atoms with E-state index < -0.39 is 0 Å². The molecule has 1 atom stereocenters. The van der Waals surface area contributed by atoms with Gasteiger partial charge in [0.05, 0.1) is 12.7 Å². The largest absolute Gasteiger partial charge is 0.382 e. The van der Waals surface area contributed by atoms with Gasteiger partial charge in [0.1, 0.15) is 6.79 Å². The van der Waals surface area contributed by atoms with Crippen LogP contribution in [0.2, 0.25) is 0 Å². The van der Waals surface area contributed by atoms with Crippen LogP contribution in [0.5, 0.6) is 0 Å². The maximum absolute atomic E-state index is 5.53. The molecule has 0 radical (unpaired) electrons. The molecule has 1 fully saturated rings. The molecule has 0 saturated carbocycles. The lowest BCUT2D eigenvalue weighted by Crippen LogP contribution is -2.30. The molecule has 3 rings (SSSR count). The molecule has 1 saturated heterocycles. The number of fused-ring (bicyclic) bond motifs is 1. The fraction of sp³-hybridized carbons (Fsp3) is 0.333. The van der Waals surface area contributed by atoms with Gasteiger partial charge in [-0.3, -0.25) is 0 Å². The second-order valence-electron chi connectivity index (χ2n) is 4.51. The van der Waals surface area contributed by atoms with Gasteiger partial charge in [-0.25, -0.2) is 0 Å². The van der Waals surface area contributed by atoms with Crippen molar-refractivity contribution in [2.75, 3.05) is 25.3 Å². The zero-order valence-corrected chi connectivity index (χ0v) is 10.3. The van der Waals surface area contributed by atoms with Gasteiger partial charge in [0.25, 0.3) is 0 Å². The summed E-state index contributed by atoms with van der Waals surface area (Å²) in [5.41, 5.74) is 1.17. The molecule has 1 N–H and O–H groups in total. The van der Waals surface area contributed by atoms with Crippen LogP contribution in [0.4, 0.5) is 5.69 Å². The third-order valence-electron chi connectivity index (χ3n) is 3.28. The Kier molecular flexibility index (Phi) is 3.44. The van der Waals surface area contributed by atoms with Crippen molar-refractivity contribution < 1.29 is 9.47 Å². The van der Waals surface area contributed by atoms with E-state index >= 15 is 0 Å². The first kappa shape index (κ1) is 11.5. The Hall–Kier alpha value is -1.58. The van der Waals surface area contributed by atoms with Gasteiger partial charge in [0.2, 0.25) is 0 Å². The van der Waals surface area contributed by atoms with Crippen LogP contribution in [0.25, 0.3) is 10.8 Å². The Bertz CT molecular complexity index is 515. The van der Waals surface area contributed by atoms with Crippen LogP contribution in [0.1, 0.15) is 6.42 Å². The third kappa shape index (κ3) is 2.47. The smallest absolute Gasteiger partial charge is 0.147 e. The van der Waals surface area contributed by atoms with E-state index in [0.29, 0.717) is 6.79 Å². The summed E-state index contributed by atoms with van der Waals surface area (Å²) in [6, 6.07) is 14.7. The lowest BCUT2D eigenvalue weighted by Gasteiger charge is -2.23. The van der Waals surface area contributed by atoms with Gasteiger partial charge in [-0.05, 0) is 17.9 Å². The van der Waals surface area contributed by atoms with Gasteiger partial charge in [-0.2, -0.15) is 0 Å². The molecular weight excluding hydrogens is 226 g/mol. The fourth-order valence-electron chi connectivity index (χ4n) is 2.27. The molecule has 2 aromatic rings. The van der Waals surface area contributed by atoms with Gasteiger partial charge in [0, 0.05) is 17.6 Å². The zero-order valence-electron chi connectivity index (χ0n) is 10.3. The second kappa shape index (κ2) is 5.38. The average Bonchev–Trinajstić information content (AvgIpc) is 2.46. The highest BCUT2D eigenvalue weighted by Crippen LogP contribution is 2.23. The highest BCUT2D eigenvalue weighted by atomic mass is 16.7. The van der Waals surface area contributed by atoms with E-state index in [0.717, 1.165) is 19.6 Å². The van der Waals surface area contributed by atoms with E-state index in [1.165, 1.54) is 16.5 Å². The van der Waals surface area contributed by atoms with Gasteiger partial charge in [-0.1, -0.05) is 36.4 Å². The number of anilines is 1. The maximum atomic E-state index is 5.53. The molecule has 0 amide bonds. The van der Waals surface area contributed by atoms with Gasteiger partial charge in [-0.15, -0.1) is 0 Å². The van der Waals surface area contributed by atoms with E-state index in [1.807, 2.05) is 0 Å². The average molecular weight is 243 g/mol. The molecule has 0 bridgehead atoms. The molecule has 3 nitrogen and oxygen atoms in total. The lowest BCUT2D eigenvalue weighted by molar-refractivity contribution is -0.133. The fourth-order valence-corrected chi connectivity index (χ4v) is 2.27. The van der Waals surface area contributed by atoms with Crippen molar-refractivity contribution in [3.05, 3.63) is 42.5 Å². The predicted molar refractivity (Wildman–Crippen MR) is 72.7 cm³/mol. The molecule has 0 aromatic heterocycles. The Morgan fingerprint density at radius 3 is 2.89 bits per heavy atom. The molecule has 18 heavy (non-hydrogen) atoms. The van der Waals surface area contributed by atoms with Crippen LogP contribution in [0, 0.1) is 0 Å². The SMILES string of the molecule is c1ccc2c(NCC3CCOCO3)cccc2c1. The Labute approximate surface area is 107 Å². The first-order valence-corrected chi connectivity index (χ1v) is 6.34. The van der Waals surface area contributed by atoms with Crippen LogP contribution >= 0.6 is 0 Å². The number of nitrogens with one attached hydrogen (secondary N) is 1. The summed E-state index contributed by atoms with van der Waals surface area (Å²) >= 11 is 0. The lowest BCUT2D eigenvalue weighted by atomic mass is 10.1. The summed E-state index contributed by atoms with van der Waals surface area (Å²) in [4.78, 5) is 0. The number of rotatable bonds is 3. The van der Waals surface area contributed by atoms with Crippen LogP contribution < -0.4 is 5.32 Å². The van der Waals surface area contributed by atoms with Crippen molar-refractivity contribution in [3.63, 3.8) is 0 Å². The van der Waals surface area contributed by atoms with Crippen molar-refractivity contribution in [3.8, 4) is 0 Å². The summed E-state index contributed by atoms with van der Waals surface area (Å²) in [5.74, 6) is 0. The zero-order chi connectivity index (χ0) is 12.2. The minimum Gasteiger partial charge on any atom is -0.382 e. The summed E-state index contributed by atoms with van der Waals surface area (Å²) in [6.07, 6.45) is 1.20. The highest BCUT2D eigenvalue weighted by molar-refractivity contribution is 5.93. The maximum Gasteiger partial charge on any atom is 0.147 e. The van der Waals surface area contributed by atoms with Crippen LogP contribution in [-0.4, -0.2) is 26.0 Å². The van der Waals surface area contributed by atoms with Gasteiger partial charge in [0.15, 0.2) is 0 Å². The normalized spacial score (nSPS) is 19.9. The van der Waals surface area contributed by atoms with E-state index in [9.17, 15) is 0 Å². The molecule has 3 heteroatoms. The molecular formula is C15H17NO2. The highest BCUT2D eigenvalue weighted by Gasteiger charge is 2.13. The molecule has 0 aliphatic carbocycles. The Morgan fingerprint density at radius 1 is 1.11 bits per heavy atom. The molecule has 94 valence electrons. The Balaban J connectivity index is 1.74. The van der Waals surface area contributed by atoms with Gasteiger partial charge >= 0.3 is 0 Å². The second-order valence-corrected chi connectivity index (χ2v) is 4.51. The van der Waals surface area contributed by atoms with E-state index in [4.69, 9.17) is 9.47 Å². The van der Waals surface area contributed by atoms with Crippen molar-refractivity contribution in [2.24, 2.45) is 0 Å². The van der Waals surface area contributed by atoms with Crippen LogP contribution in [-0.2, 0) is 9.47 Å². The van der Waals surface area contributed by atoms with Crippen molar-refractivity contribution >= 4 is 16.5 Å². The molecule has 1 aliphatic rings. The first-order chi connectivity index (χ1) is 8.93. The minimum atomic E-state index is 0.248. The molecule has 1 unspecified atom stereocenters. The number of hydrogen-bond donors (Lipinski definition) is 1. The number of benzene rings is 2. The first-order valence-electron chi connectivity index (χ1n) is 6.34. The molecule has 1 aliphatic heterocycles. The minimum absolute atomic E-state index is 0.248. The molecule has 0 spiro atoms. The third-order valence-corrected chi connectivity index (χ3v) is 3.28. The molecule has 2 aromatic carbocycles. The standard InChI is InChI=1S/C15H17NO2/c1-2-6-14-12(4-1)5-3-7-15(14)16-10-13-8-9-17-11-18-13/h1-7,13,16H,8-11H2. The monoisotopic (exact) mass is 243 g/mol. The van der Waals surface area contributed by atoms with E-state index in [1.54, 1.807) is 0 Å². The van der Waals surface area contributed by atoms with Gasteiger partial charge < -0.3 is 14.8 Å². The van der Waals surface area contributed by atoms with Crippen LogP contribution in [0.3, 0.4) is 0 Å². The van der Waals surface area contributed by atoms with Crippen molar-refractivity contribution in [2.45, 2.75) is 12.5 Å². The summed E-state index contributed by atoms with van der Waals surface area (Å²) < 4.78 is 10.7. The van der Waals surface area contributed by atoms with E-state index in [-0.39, 0.29) is 6.10 Å². The summed E-state index contributed by atoms with van der Waals surface area (Å²) in [6.45, 7) is 2.04. The number of ether oxygens (including phenoxy) is 2. The number of hydrogen-bond acceptors (Lipinski definition) is 3. The summed E-state index contributed by atoms with van der Waals surface area (Å²) in [7, 11) is 0. The van der Waals surface area contributed by atoms with Crippen molar-refractivity contribution in [1.29, 1.82) is 0 Å². The van der Waals surface area contributed by atoms with Crippen molar-refractivity contribution in [1.82, 2.24) is 0 Å². The van der Waals surface area contributed by atoms with Crippen LogP contribution in [0.15, 0.2) is 42.5 Å². The predicted octanol–water partition coefficient (Wildman–Crippen LogP) is 3.01. The summed E-state index contributed by atoms with van der Waals surface area (Å²) in [5, 5.41) is 5.99. The molecule has 1 heterocycles. The quantitative estimate of drug-likeness (QED) is 0.899. The van der Waals surface area contributed by atoms with E-state index in [2.05, 4.69) is 47.8 Å². The topological polar surface area (TPSA) is 30.5 Å².